The van der Waals surface area contributed by atoms with Gasteiger partial charge < -0.3 is 10.1 Å². The molecule has 17 heavy (non-hydrogen) atoms. The molecular formula is C14H25NO2. The second kappa shape index (κ2) is 8.29. The van der Waals surface area contributed by atoms with E-state index in [9.17, 15) is 4.79 Å². The lowest BCUT2D eigenvalue weighted by Crippen LogP contribution is -2.23. The number of ether oxygens (including phenoxy) is 1. The first-order chi connectivity index (χ1) is 8.24. The maximum atomic E-state index is 11.3. The van der Waals surface area contributed by atoms with Crippen molar-refractivity contribution in [2.45, 2.75) is 45.4 Å². The molecule has 0 aromatic carbocycles. The summed E-state index contributed by atoms with van der Waals surface area (Å²) in [5, 5.41) is 3.25. The Hall–Kier alpha value is -0.830. The number of hydrogen-bond acceptors (Lipinski definition) is 3. The van der Waals surface area contributed by atoms with E-state index in [-0.39, 0.29) is 5.97 Å². The molecule has 0 radical (unpaired) electrons. The number of esters is 1. The lowest BCUT2D eigenvalue weighted by molar-refractivity contribution is -0.138. The zero-order chi connectivity index (χ0) is 12.5. The van der Waals surface area contributed by atoms with Gasteiger partial charge in [0.25, 0.3) is 0 Å². The van der Waals surface area contributed by atoms with Crippen LogP contribution in [0.4, 0.5) is 0 Å². The monoisotopic (exact) mass is 239 g/mol. The number of rotatable bonds is 8. The Morgan fingerprint density at radius 1 is 1.41 bits per heavy atom. The molecule has 1 fully saturated rings. The van der Waals surface area contributed by atoms with Crippen molar-refractivity contribution in [1.29, 1.82) is 0 Å². The van der Waals surface area contributed by atoms with Crippen LogP contribution in [0, 0.1) is 5.92 Å². The van der Waals surface area contributed by atoms with E-state index >= 15 is 0 Å². The Labute approximate surface area is 105 Å². The van der Waals surface area contributed by atoms with Crippen LogP contribution in [-0.2, 0) is 9.53 Å². The molecule has 0 amide bonds. The first-order valence-corrected chi connectivity index (χ1v) is 6.79. The van der Waals surface area contributed by atoms with Gasteiger partial charge in [0, 0.05) is 12.1 Å². The molecule has 1 N–H and O–H groups in total. The SMILES string of the molecule is C=C(CNCCCC1CCCC1)C(=O)OCC. The maximum absolute atomic E-state index is 11.3. The molecule has 0 aromatic heterocycles. The standard InChI is InChI=1S/C14H25NO2/c1-3-17-14(16)12(2)11-15-10-6-9-13-7-4-5-8-13/h13,15H,2-11H2,1H3. The van der Waals surface area contributed by atoms with Crippen LogP contribution >= 0.6 is 0 Å². The fourth-order valence-electron chi connectivity index (χ4n) is 2.36. The van der Waals surface area contributed by atoms with Crippen molar-refractivity contribution >= 4 is 5.97 Å². The molecule has 0 atom stereocenters. The largest absolute Gasteiger partial charge is 0.463 e. The van der Waals surface area contributed by atoms with Crippen LogP contribution in [0.5, 0.6) is 0 Å². The van der Waals surface area contributed by atoms with E-state index in [0.717, 1.165) is 12.5 Å². The van der Waals surface area contributed by atoms with Crippen molar-refractivity contribution < 1.29 is 9.53 Å². The van der Waals surface area contributed by atoms with E-state index < -0.39 is 0 Å². The fraction of sp³-hybridized carbons (Fsp3) is 0.786. The van der Waals surface area contributed by atoms with Crippen molar-refractivity contribution in [1.82, 2.24) is 5.32 Å². The van der Waals surface area contributed by atoms with Gasteiger partial charge in [-0.15, -0.1) is 0 Å². The van der Waals surface area contributed by atoms with E-state index in [0.29, 0.717) is 18.7 Å². The Bertz CT molecular complexity index is 245. The van der Waals surface area contributed by atoms with Gasteiger partial charge in [-0.1, -0.05) is 32.3 Å². The summed E-state index contributed by atoms with van der Waals surface area (Å²) in [7, 11) is 0. The highest BCUT2D eigenvalue weighted by atomic mass is 16.5. The smallest absolute Gasteiger partial charge is 0.334 e. The van der Waals surface area contributed by atoms with E-state index in [1.165, 1.54) is 38.5 Å². The molecule has 0 saturated heterocycles. The molecule has 1 saturated carbocycles. The molecule has 98 valence electrons. The van der Waals surface area contributed by atoms with E-state index in [1.54, 1.807) is 6.92 Å². The average Bonchev–Trinajstić information content (AvgIpc) is 2.81. The van der Waals surface area contributed by atoms with Crippen LogP contribution in [-0.4, -0.2) is 25.7 Å². The normalized spacial score (nSPS) is 16.1. The number of carbonyl (C=O) groups is 1. The lowest BCUT2D eigenvalue weighted by atomic mass is 10.0. The number of hydrogen-bond donors (Lipinski definition) is 1. The molecule has 3 heteroatoms. The summed E-state index contributed by atoms with van der Waals surface area (Å²) in [4.78, 5) is 11.3. The maximum Gasteiger partial charge on any atom is 0.334 e. The Morgan fingerprint density at radius 3 is 2.76 bits per heavy atom. The summed E-state index contributed by atoms with van der Waals surface area (Å²) >= 11 is 0. The predicted octanol–water partition coefficient (Wildman–Crippen LogP) is 2.67. The molecule has 0 aliphatic heterocycles. The molecular weight excluding hydrogens is 214 g/mol. The second-order valence-corrected chi connectivity index (χ2v) is 4.79. The van der Waals surface area contributed by atoms with E-state index in [2.05, 4.69) is 11.9 Å². The predicted molar refractivity (Wildman–Crippen MR) is 69.8 cm³/mol. The second-order valence-electron chi connectivity index (χ2n) is 4.79. The zero-order valence-corrected chi connectivity index (χ0v) is 11.0. The molecule has 0 unspecified atom stereocenters. The van der Waals surface area contributed by atoms with Crippen molar-refractivity contribution in [3.8, 4) is 0 Å². The minimum Gasteiger partial charge on any atom is -0.463 e. The third-order valence-corrected chi connectivity index (χ3v) is 3.34. The summed E-state index contributed by atoms with van der Waals surface area (Å²) in [6, 6.07) is 0. The summed E-state index contributed by atoms with van der Waals surface area (Å²) in [5.74, 6) is 0.667. The molecule has 0 heterocycles. The average molecular weight is 239 g/mol. The van der Waals surface area contributed by atoms with Gasteiger partial charge in [-0.3, -0.25) is 0 Å². The van der Waals surface area contributed by atoms with Gasteiger partial charge in [-0.05, 0) is 32.2 Å². The van der Waals surface area contributed by atoms with Gasteiger partial charge in [0.05, 0.1) is 6.61 Å². The first kappa shape index (κ1) is 14.2. The Morgan fingerprint density at radius 2 is 2.12 bits per heavy atom. The lowest BCUT2D eigenvalue weighted by Gasteiger charge is -2.10. The van der Waals surface area contributed by atoms with Gasteiger partial charge in [-0.25, -0.2) is 4.79 Å². The van der Waals surface area contributed by atoms with Gasteiger partial charge in [-0.2, -0.15) is 0 Å². The van der Waals surface area contributed by atoms with Crippen molar-refractivity contribution in [2.24, 2.45) is 5.92 Å². The van der Waals surface area contributed by atoms with Gasteiger partial charge in [0.2, 0.25) is 0 Å². The van der Waals surface area contributed by atoms with Crippen LogP contribution < -0.4 is 5.32 Å². The minimum atomic E-state index is -0.282. The van der Waals surface area contributed by atoms with E-state index in [1.807, 2.05) is 0 Å². The van der Waals surface area contributed by atoms with Crippen LogP contribution in [0.2, 0.25) is 0 Å². The van der Waals surface area contributed by atoms with Gasteiger partial charge >= 0.3 is 5.97 Å². The van der Waals surface area contributed by atoms with Crippen molar-refractivity contribution in [2.75, 3.05) is 19.7 Å². The summed E-state index contributed by atoms with van der Waals surface area (Å²) in [6.07, 6.45) is 8.17. The van der Waals surface area contributed by atoms with Crippen molar-refractivity contribution in [3.05, 3.63) is 12.2 Å². The molecule has 0 aromatic rings. The topological polar surface area (TPSA) is 38.3 Å². The molecule has 0 spiro atoms. The Kier molecular flexibility index (Phi) is 6.94. The highest BCUT2D eigenvalue weighted by molar-refractivity contribution is 5.88. The quantitative estimate of drug-likeness (QED) is 0.402. The molecule has 0 bridgehead atoms. The number of nitrogens with one attached hydrogen (secondary N) is 1. The third kappa shape index (κ3) is 5.87. The van der Waals surface area contributed by atoms with Crippen LogP contribution in [0.25, 0.3) is 0 Å². The van der Waals surface area contributed by atoms with Crippen LogP contribution in [0.15, 0.2) is 12.2 Å². The van der Waals surface area contributed by atoms with Gasteiger partial charge in [0.15, 0.2) is 0 Å². The Balaban J connectivity index is 1.96. The highest BCUT2D eigenvalue weighted by Gasteiger charge is 2.14. The van der Waals surface area contributed by atoms with Crippen molar-refractivity contribution in [3.63, 3.8) is 0 Å². The molecule has 1 aliphatic carbocycles. The third-order valence-electron chi connectivity index (χ3n) is 3.34. The first-order valence-electron chi connectivity index (χ1n) is 6.79. The highest BCUT2D eigenvalue weighted by Crippen LogP contribution is 2.28. The van der Waals surface area contributed by atoms with Crippen LogP contribution in [0.1, 0.15) is 45.4 Å². The zero-order valence-electron chi connectivity index (χ0n) is 11.0. The minimum absolute atomic E-state index is 0.282. The summed E-state index contributed by atoms with van der Waals surface area (Å²) in [5.41, 5.74) is 0.521. The van der Waals surface area contributed by atoms with Gasteiger partial charge in [0.1, 0.15) is 0 Å². The molecule has 1 aliphatic rings. The van der Waals surface area contributed by atoms with E-state index in [4.69, 9.17) is 4.74 Å². The fourth-order valence-corrected chi connectivity index (χ4v) is 2.36. The number of carbonyl (C=O) groups excluding carboxylic acids is 1. The summed E-state index contributed by atoms with van der Waals surface area (Å²) < 4.78 is 4.86. The van der Waals surface area contributed by atoms with Crippen LogP contribution in [0.3, 0.4) is 0 Å². The molecule has 1 rings (SSSR count). The molecule has 3 nitrogen and oxygen atoms in total. The summed E-state index contributed by atoms with van der Waals surface area (Å²) in [6.45, 7) is 7.45.